The molecule has 0 atom stereocenters. The van der Waals surface area contributed by atoms with Crippen molar-refractivity contribution >= 4 is 55.0 Å². The Morgan fingerprint density at radius 2 is 0.917 bits per heavy atom. The van der Waals surface area contributed by atoms with Crippen molar-refractivity contribution in [2.45, 2.75) is 0 Å². The number of nitrogens with zero attached hydrogens (tertiary/aromatic N) is 4. The molecule has 4 nitrogen and oxygen atoms in total. The molecule has 9 rings (SSSR count). The summed E-state index contributed by atoms with van der Waals surface area (Å²) in [5.74, 6) is 0. The number of benzene rings is 7. The first-order valence-corrected chi connectivity index (χ1v) is 15.8. The Morgan fingerprint density at radius 3 is 1.58 bits per heavy atom. The topological polar surface area (TPSA) is 18.6 Å². The molecule has 0 saturated heterocycles. The minimum absolute atomic E-state index is 0.578. The van der Waals surface area contributed by atoms with Gasteiger partial charge in [-0.05, 0) is 76.7 Å². The first-order chi connectivity index (χ1) is 23.7. The highest BCUT2D eigenvalue weighted by Crippen LogP contribution is 2.40. The molecule has 0 radical (unpaired) electrons. The molecule has 0 aliphatic rings. The summed E-state index contributed by atoms with van der Waals surface area (Å²) in [4.78, 5) is 7.48. The minimum atomic E-state index is 0.578. The lowest BCUT2D eigenvalue weighted by Crippen LogP contribution is -1.97. The van der Waals surface area contributed by atoms with Crippen molar-refractivity contribution in [2.75, 3.05) is 0 Å². The summed E-state index contributed by atoms with van der Waals surface area (Å²) in [6.45, 7) is 15.4. The van der Waals surface area contributed by atoms with Crippen LogP contribution in [-0.2, 0) is 0 Å². The second-order valence-corrected chi connectivity index (χ2v) is 12.0. The van der Waals surface area contributed by atoms with E-state index in [1.165, 1.54) is 21.8 Å². The molecule has 2 aromatic heterocycles. The van der Waals surface area contributed by atoms with E-state index in [1.54, 1.807) is 0 Å². The van der Waals surface area contributed by atoms with E-state index in [0.717, 1.165) is 55.4 Å². The van der Waals surface area contributed by atoms with E-state index in [9.17, 15) is 0 Å². The lowest BCUT2D eigenvalue weighted by molar-refractivity contribution is 1.18. The predicted molar refractivity (Wildman–Crippen MR) is 199 cm³/mol. The van der Waals surface area contributed by atoms with E-state index >= 15 is 0 Å². The molecule has 0 amide bonds. The Bertz CT molecular complexity index is 2750. The van der Waals surface area contributed by atoms with E-state index < -0.39 is 0 Å². The molecule has 4 heteroatoms. The fraction of sp³-hybridized carbons (Fsp3) is 0. The summed E-state index contributed by atoms with van der Waals surface area (Å²) < 4.78 is 4.57. The lowest BCUT2D eigenvalue weighted by Gasteiger charge is -2.16. The van der Waals surface area contributed by atoms with E-state index in [-0.39, 0.29) is 0 Å². The molecule has 7 aromatic carbocycles. The molecule has 0 aliphatic heterocycles. The van der Waals surface area contributed by atoms with Crippen LogP contribution in [-0.4, -0.2) is 9.13 Å². The maximum atomic E-state index is 7.81. The molecule has 222 valence electrons. The molecule has 2 heterocycles. The Morgan fingerprint density at radius 1 is 0.375 bits per heavy atom. The zero-order chi connectivity index (χ0) is 32.2. The van der Waals surface area contributed by atoms with Gasteiger partial charge in [0, 0.05) is 33.1 Å². The van der Waals surface area contributed by atoms with Crippen LogP contribution >= 0.6 is 0 Å². The van der Waals surface area contributed by atoms with Gasteiger partial charge >= 0.3 is 0 Å². The second kappa shape index (κ2) is 10.9. The van der Waals surface area contributed by atoms with E-state index in [2.05, 4.69) is 134 Å². The number of rotatable bonds is 4. The smallest absolute Gasteiger partial charge is 0.189 e. The average Bonchev–Trinajstić information content (AvgIpc) is 3.67. The summed E-state index contributed by atoms with van der Waals surface area (Å²) in [7, 11) is 0. The molecular formula is C44H26N4. The number of para-hydroxylation sites is 3. The molecule has 0 aliphatic carbocycles. The maximum absolute atomic E-state index is 7.81. The monoisotopic (exact) mass is 610 g/mol. The molecule has 0 fully saturated rings. The van der Waals surface area contributed by atoms with Crippen LogP contribution in [0.15, 0.2) is 158 Å². The second-order valence-electron chi connectivity index (χ2n) is 12.0. The molecular weight excluding hydrogens is 585 g/mol. The van der Waals surface area contributed by atoms with Crippen LogP contribution in [0.2, 0.25) is 0 Å². The molecule has 0 N–H and O–H groups in total. The van der Waals surface area contributed by atoms with E-state index in [4.69, 9.17) is 13.1 Å². The van der Waals surface area contributed by atoms with Crippen LogP contribution in [0.5, 0.6) is 0 Å². The highest BCUT2D eigenvalue weighted by atomic mass is 15.0. The number of hydrogen-bond donors (Lipinski definition) is 0. The molecule has 9 aromatic rings. The van der Waals surface area contributed by atoms with Gasteiger partial charge in [-0.15, -0.1) is 0 Å². The third-order valence-electron chi connectivity index (χ3n) is 9.35. The van der Waals surface area contributed by atoms with Gasteiger partial charge in [-0.3, -0.25) is 0 Å². The van der Waals surface area contributed by atoms with Crippen LogP contribution in [0, 0.1) is 13.1 Å². The van der Waals surface area contributed by atoms with Crippen molar-refractivity contribution in [1.82, 2.24) is 9.13 Å². The quantitative estimate of drug-likeness (QED) is 0.177. The number of fused-ring (bicyclic) bond motifs is 6. The normalized spacial score (nSPS) is 11.3. The van der Waals surface area contributed by atoms with Gasteiger partial charge < -0.3 is 9.13 Å². The van der Waals surface area contributed by atoms with Gasteiger partial charge in [-0.2, -0.15) is 0 Å². The highest BCUT2D eigenvalue weighted by molar-refractivity contribution is 6.11. The van der Waals surface area contributed by atoms with Gasteiger partial charge in [0.05, 0.1) is 35.2 Å². The van der Waals surface area contributed by atoms with Crippen LogP contribution < -0.4 is 0 Å². The molecule has 0 saturated carbocycles. The fourth-order valence-corrected chi connectivity index (χ4v) is 7.18. The third-order valence-corrected chi connectivity index (χ3v) is 9.35. The average molecular weight is 611 g/mol. The summed E-state index contributed by atoms with van der Waals surface area (Å²) in [5, 5.41) is 4.60. The van der Waals surface area contributed by atoms with Crippen LogP contribution in [0.3, 0.4) is 0 Å². The summed E-state index contributed by atoms with van der Waals surface area (Å²) in [6.07, 6.45) is 0. The van der Waals surface area contributed by atoms with Gasteiger partial charge in [0.2, 0.25) is 0 Å². The first-order valence-electron chi connectivity index (χ1n) is 15.8. The van der Waals surface area contributed by atoms with Gasteiger partial charge in [0.1, 0.15) is 0 Å². The van der Waals surface area contributed by atoms with Crippen molar-refractivity contribution in [3.05, 3.63) is 181 Å². The largest absolute Gasteiger partial charge is 0.310 e. The van der Waals surface area contributed by atoms with Gasteiger partial charge in [-0.25, -0.2) is 9.69 Å². The van der Waals surface area contributed by atoms with Crippen molar-refractivity contribution in [3.8, 4) is 33.6 Å². The first kappa shape index (κ1) is 27.4. The van der Waals surface area contributed by atoms with E-state index in [1.807, 2.05) is 42.5 Å². The third kappa shape index (κ3) is 4.22. The fourth-order valence-electron chi connectivity index (χ4n) is 7.18. The Labute approximate surface area is 277 Å². The van der Waals surface area contributed by atoms with Crippen molar-refractivity contribution in [1.29, 1.82) is 0 Å². The molecule has 0 unspecified atom stereocenters. The zero-order valence-corrected chi connectivity index (χ0v) is 25.8. The number of aromatic nitrogens is 2. The Hall–Kier alpha value is -6.88. The van der Waals surface area contributed by atoms with Gasteiger partial charge in [-0.1, -0.05) is 103 Å². The van der Waals surface area contributed by atoms with E-state index in [0.29, 0.717) is 11.4 Å². The summed E-state index contributed by atoms with van der Waals surface area (Å²) in [6, 6.07) is 54.6. The van der Waals surface area contributed by atoms with Crippen LogP contribution in [0.4, 0.5) is 11.4 Å². The van der Waals surface area contributed by atoms with Crippen LogP contribution in [0.25, 0.3) is 86.9 Å². The summed E-state index contributed by atoms with van der Waals surface area (Å²) in [5.41, 5.74) is 12.0. The molecule has 0 spiro atoms. The maximum Gasteiger partial charge on any atom is 0.189 e. The SMILES string of the molecule is [C-]#[N+]c1ccc(-c2cccc(-c3ccc(-n4c5ccccc5c5ccccc54)cc3)c2)c(-n2c3ccccc3c3cc([N+]#[C-])ccc32)c1. The predicted octanol–water partition coefficient (Wildman–Crippen LogP) is 12.3. The highest BCUT2D eigenvalue weighted by Gasteiger charge is 2.17. The molecule has 48 heavy (non-hydrogen) atoms. The summed E-state index contributed by atoms with van der Waals surface area (Å²) >= 11 is 0. The van der Waals surface area contributed by atoms with Gasteiger partial charge in [0.25, 0.3) is 0 Å². The Balaban J connectivity index is 1.18. The Kier molecular flexibility index (Phi) is 6.22. The standard InChI is InChI=1S/C44H26N4/c1-45-32-21-25-43-39(27-32)38-14-5-8-17-42(38)48(43)44-28-33(46-2)20-24-35(44)31-11-9-10-30(26-31)29-18-22-34(23-19-29)47-40-15-6-3-12-36(40)37-13-4-7-16-41(37)47/h3-28H. The van der Waals surface area contributed by atoms with Crippen molar-refractivity contribution < 1.29 is 0 Å². The minimum Gasteiger partial charge on any atom is -0.310 e. The number of hydrogen-bond acceptors (Lipinski definition) is 0. The van der Waals surface area contributed by atoms with Crippen molar-refractivity contribution in [3.63, 3.8) is 0 Å². The van der Waals surface area contributed by atoms with Gasteiger partial charge in [0.15, 0.2) is 11.4 Å². The molecule has 0 bridgehead atoms. The zero-order valence-electron chi connectivity index (χ0n) is 25.8. The van der Waals surface area contributed by atoms with Crippen molar-refractivity contribution in [2.24, 2.45) is 0 Å². The lowest BCUT2D eigenvalue weighted by atomic mass is 9.97. The van der Waals surface area contributed by atoms with Crippen LogP contribution in [0.1, 0.15) is 0 Å².